The fourth-order valence-electron chi connectivity index (χ4n) is 1.59. The van der Waals surface area contributed by atoms with Crippen LogP contribution in [0.5, 0.6) is 5.75 Å². The van der Waals surface area contributed by atoms with Crippen LogP contribution in [0.25, 0.3) is 0 Å². The lowest BCUT2D eigenvalue weighted by atomic mass is 10.1. The Morgan fingerprint density at radius 3 is 2.88 bits per heavy atom. The molecule has 2 aromatic rings. The van der Waals surface area contributed by atoms with Gasteiger partial charge in [0.05, 0.1) is 18.5 Å². The second-order valence-corrected chi connectivity index (χ2v) is 3.92. The minimum atomic E-state index is 0.0485. The van der Waals surface area contributed by atoms with Gasteiger partial charge in [-0.15, -0.1) is 0 Å². The number of Topliss-reactive ketones (excluding diaryl/α,β-unsaturated/α-hetero) is 1. The minimum Gasteiger partial charge on any atom is -0.508 e. The van der Waals surface area contributed by atoms with Crippen molar-refractivity contribution in [3.63, 3.8) is 0 Å². The van der Waals surface area contributed by atoms with E-state index in [0.29, 0.717) is 18.0 Å². The van der Waals surface area contributed by atoms with E-state index in [0.717, 1.165) is 5.56 Å². The zero-order valence-electron chi connectivity index (χ0n) is 9.51. The lowest BCUT2D eigenvalue weighted by molar-refractivity contribution is -0.116. The third-order valence-electron chi connectivity index (χ3n) is 2.36. The summed E-state index contributed by atoms with van der Waals surface area (Å²) in [5, 5.41) is 9.60. The molecule has 4 heteroatoms. The highest BCUT2D eigenvalue weighted by atomic mass is 16.3. The Bertz CT molecular complexity index is 531. The number of hydrogen-bond donors (Lipinski definition) is 1. The van der Waals surface area contributed by atoms with E-state index in [4.69, 9.17) is 4.42 Å². The summed E-state index contributed by atoms with van der Waals surface area (Å²) in [5.74, 6) is 0.772. The number of aromatic hydroxyl groups is 1. The van der Waals surface area contributed by atoms with E-state index in [1.807, 2.05) is 12.1 Å². The third-order valence-corrected chi connectivity index (χ3v) is 2.36. The number of aromatic nitrogens is 1. The van der Waals surface area contributed by atoms with Gasteiger partial charge in [0.1, 0.15) is 17.8 Å². The van der Waals surface area contributed by atoms with Crippen molar-refractivity contribution in [2.24, 2.45) is 0 Å². The Labute approximate surface area is 98.9 Å². The molecule has 0 fully saturated rings. The predicted molar refractivity (Wildman–Crippen MR) is 61.8 cm³/mol. The maximum absolute atomic E-state index is 10.9. The molecular weight excluding hydrogens is 218 g/mol. The maximum Gasteiger partial charge on any atom is 0.198 e. The molecule has 0 saturated heterocycles. The largest absolute Gasteiger partial charge is 0.508 e. The first-order valence-electron chi connectivity index (χ1n) is 5.35. The Hall–Kier alpha value is -2.10. The highest BCUT2D eigenvalue weighted by Gasteiger charge is 2.08. The number of phenolic OH excluding ortho intramolecular Hbond substituents is 1. The molecule has 1 aromatic carbocycles. The van der Waals surface area contributed by atoms with Crippen molar-refractivity contribution in [3.05, 3.63) is 47.7 Å². The highest BCUT2D eigenvalue weighted by molar-refractivity contribution is 5.77. The molecule has 0 atom stereocenters. The summed E-state index contributed by atoms with van der Waals surface area (Å²) in [7, 11) is 0. The van der Waals surface area contributed by atoms with Gasteiger partial charge in [-0.05, 0) is 13.0 Å². The Balaban J connectivity index is 2.12. The van der Waals surface area contributed by atoms with Crippen LogP contribution in [0.15, 0.2) is 34.9 Å². The molecule has 1 aromatic heterocycles. The van der Waals surface area contributed by atoms with Crippen LogP contribution < -0.4 is 0 Å². The number of ketones is 1. The normalized spacial score (nSPS) is 10.4. The van der Waals surface area contributed by atoms with E-state index in [1.165, 1.54) is 13.2 Å². The summed E-state index contributed by atoms with van der Waals surface area (Å²) in [6.45, 7) is 1.51. The smallest absolute Gasteiger partial charge is 0.198 e. The fraction of sp³-hybridized carbons (Fsp3) is 0.231. The van der Waals surface area contributed by atoms with Crippen LogP contribution in [0.3, 0.4) is 0 Å². The summed E-state index contributed by atoms with van der Waals surface area (Å²) in [5.41, 5.74) is 1.38. The van der Waals surface area contributed by atoms with Crippen LogP contribution in [0.2, 0.25) is 0 Å². The maximum atomic E-state index is 10.9. The number of rotatable bonds is 4. The van der Waals surface area contributed by atoms with Crippen LogP contribution in [0, 0.1) is 0 Å². The van der Waals surface area contributed by atoms with E-state index < -0.39 is 0 Å². The first kappa shape index (κ1) is 11.4. The van der Waals surface area contributed by atoms with Gasteiger partial charge in [-0.2, -0.15) is 0 Å². The number of oxazole rings is 1. The summed E-state index contributed by atoms with van der Waals surface area (Å²) >= 11 is 0. The Morgan fingerprint density at radius 1 is 1.41 bits per heavy atom. The van der Waals surface area contributed by atoms with Gasteiger partial charge in [0.25, 0.3) is 0 Å². The molecule has 2 rings (SSSR count). The van der Waals surface area contributed by atoms with Crippen molar-refractivity contribution in [1.82, 2.24) is 4.98 Å². The fourth-order valence-corrected chi connectivity index (χ4v) is 1.59. The van der Waals surface area contributed by atoms with Crippen molar-refractivity contribution < 1.29 is 14.3 Å². The first-order chi connectivity index (χ1) is 8.15. The number of para-hydroxylation sites is 1. The molecular formula is C13H13NO3. The van der Waals surface area contributed by atoms with Crippen LogP contribution in [0.4, 0.5) is 0 Å². The summed E-state index contributed by atoms with van der Waals surface area (Å²) in [4.78, 5) is 15.1. The number of carbonyl (C=O) groups excluding carboxylic acids is 1. The van der Waals surface area contributed by atoms with Gasteiger partial charge in [-0.3, -0.25) is 4.79 Å². The second-order valence-electron chi connectivity index (χ2n) is 3.92. The molecule has 0 bridgehead atoms. The summed E-state index contributed by atoms with van der Waals surface area (Å²) in [6.07, 6.45) is 2.19. The number of phenols is 1. The lowest BCUT2D eigenvalue weighted by Crippen LogP contribution is -1.97. The topological polar surface area (TPSA) is 63.3 Å². The van der Waals surface area contributed by atoms with Crippen molar-refractivity contribution in [3.8, 4) is 5.75 Å². The SMILES string of the molecule is CC(=O)Cc1coc(Cc2ccccc2O)n1. The minimum absolute atomic E-state index is 0.0485. The average molecular weight is 231 g/mol. The number of nitrogens with zero attached hydrogens (tertiary/aromatic N) is 1. The van der Waals surface area contributed by atoms with Crippen molar-refractivity contribution >= 4 is 5.78 Å². The monoisotopic (exact) mass is 231 g/mol. The molecule has 0 amide bonds. The third kappa shape index (κ3) is 2.93. The van der Waals surface area contributed by atoms with Crippen LogP contribution in [-0.4, -0.2) is 15.9 Å². The predicted octanol–water partition coefficient (Wildman–Crippen LogP) is 2.10. The highest BCUT2D eigenvalue weighted by Crippen LogP contribution is 2.19. The van der Waals surface area contributed by atoms with Gasteiger partial charge in [0.2, 0.25) is 0 Å². The van der Waals surface area contributed by atoms with Gasteiger partial charge in [-0.1, -0.05) is 18.2 Å². The second kappa shape index (κ2) is 4.82. The Morgan fingerprint density at radius 2 is 2.18 bits per heavy atom. The molecule has 88 valence electrons. The standard InChI is InChI=1S/C13H13NO3/c1-9(15)6-11-8-17-13(14-11)7-10-4-2-3-5-12(10)16/h2-5,8,16H,6-7H2,1H3. The van der Waals surface area contributed by atoms with Crippen molar-refractivity contribution in [2.45, 2.75) is 19.8 Å². The van der Waals surface area contributed by atoms with Crippen LogP contribution >= 0.6 is 0 Å². The zero-order valence-corrected chi connectivity index (χ0v) is 9.51. The molecule has 0 saturated carbocycles. The van der Waals surface area contributed by atoms with E-state index in [-0.39, 0.29) is 18.0 Å². The molecule has 0 unspecified atom stereocenters. The summed E-state index contributed by atoms with van der Waals surface area (Å²) in [6, 6.07) is 7.03. The van der Waals surface area contributed by atoms with E-state index in [1.54, 1.807) is 12.1 Å². The molecule has 4 nitrogen and oxygen atoms in total. The number of carbonyl (C=O) groups is 1. The van der Waals surface area contributed by atoms with Crippen LogP contribution in [-0.2, 0) is 17.6 Å². The molecule has 0 aliphatic carbocycles. The van der Waals surface area contributed by atoms with Crippen molar-refractivity contribution in [1.29, 1.82) is 0 Å². The molecule has 17 heavy (non-hydrogen) atoms. The quantitative estimate of drug-likeness (QED) is 0.875. The van der Waals surface area contributed by atoms with E-state index in [2.05, 4.69) is 4.98 Å². The molecule has 0 radical (unpaired) electrons. The van der Waals surface area contributed by atoms with E-state index >= 15 is 0 Å². The van der Waals surface area contributed by atoms with Crippen molar-refractivity contribution in [2.75, 3.05) is 0 Å². The molecule has 0 aliphatic rings. The first-order valence-corrected chi connectivity index (χ1v) is 5.35. The number of hydrogen-bond acceptors (Lipinski definition) is 4. The number of benzene rings is 1. The van der Waals surface area contributed by atoms with Gasteiger partial charge < -0.3 is 9.52 Å². The van der Waals surface area contributed by atoms with Crippen LogP contribution in [0.1, 0.15) is 24.1 Å². The molecule has 1 heterocycles. The molecule has 0 spiro atoms. The summed E-state index contributed by atoms with van der Waals surface area (Å²) < 4.78 is 5.25. The zero-order chi connectivity index (χ0) is 12.3. The lowest BCUT2D eigenvalue weighted by Gasteiger charge is -1.99. The van der Waals surface area contributed by atoms with E-state index in [9.17, 15) is 9.90 Å². The molecule has 0 aliphatic heterocycles. The average Bonchev–Trinajstić information content (AvgIpc) is 2.68. The van der Waals surface area contributed by atoms with Gasteiger partial charge in [-0.25, -0.2) is 4.98 Å². The van der Waals surface area contributed by atoms with Gasteiger partial charge >= 0.3 is 0 Å². The molecule has 1 N–H and O–H groups in total. The van der Waals surface area contributed by atoms with Gasteiger partial charge in [0, 0.05) is 5.56 Å². The van der Waals surface area contributed by atoms with Gasteiger partial charge in [0.15, 0.2) is 5.89 Å². The Kier molecular flexibility index (Phi) is 3.23.